The third-order valence-electron chi connectivity index (χ3n) is 5.26. The highest BCUT2D eigenvalue weighted by Gasteiger charge is 2.13. The van der Waals surface area contributed by atoms with Gasteiger partial charge in [-0.05, 0) is 47.8 Å². The number of hydrogen-bond donors (Lipinski definition) is 2. The van der Waals surface area contributed by atoms with Gasteiger partial charge in [-0.3, -0.25) is 9.59 Å². The van der Waals surface area contributed by atoms with Crippen molar-refractivity contribution in [3.8, 4) is 11.5 Å². The highest BCUT2D eigenvalue weighted by atomic mass is 32.1. The summed E-state index contributed by atoms with van der Waals surface area (Å²) >= 11 is 1.41. The molecule has 170 valence electrons. The van der Waals surface area contributed by atoms with Crippen molar-refractivity contribution in [1.29, 1.82) is 0 Å². The van der Waals surface area contributed by atoms with Crippen LogP contribution in [0.3, 0.4) is 0 Å². The van der Waals surface area contributed by atoms with Crippen LogP contribution in [0.25, 0.3) is 11.0 Å². The first-order valence-corrected chi connectivity index (χ1v) is 11.2. The summed E-state index contributed by atoms with van der Waals surface area (Å²) in [5.41, 5.74) is 2.80. The fraction of sp³-hybridized carbons (Fsp3) is 0.208. The van der Waals surface area contributed by atoms with Crippen LogP contribution in [-0.2, 0) is 13.5 Å². The lowest BCUT2D eigenvalue weighted by Gasteiger charge is -2.10. The maximum Gasteiger partial charge on any atom is 0.261 e. The van der Waals surface area contributed by atoms with E-state index >= 15 is 0 Å². The summed E-state index contributed by atoms with van der Waals surface area (Å²) in [6.45, 7) is 0.483. The van der Waals surface area contributed by atoms with E-state index < -0.39 is 0 Å². The molecular weight excluding hydrogens is 440 g/mol. The summed E-state index contributed by atoms with van der Waals surface area (Å²) in [4.78, 5) is 30.2. The van der Waals surface area contributed by atoms with Crippen LogP contribution < -0.4 is 20.1 Å². The highest BCUT2D eigenvalue weighted by Crippen LogP contribution is 2.28. The van der Waals surface area contributed by atoms with E-state index in [0.717, 1.165) is 16.9 Å². The van der Waals surface area contributed by atoms with E-state index in [9.17, 15) is 9.59 Å². The zero-order valence-corrected chi connectivity index (χ0v) is 19.4. The number of aromatic nitrogens is 2. The Morgan fingerprint density at radius 1 is 1.03 bits per heavy atom. The quantitative estimate of drug-likeness (QED) is 0.413. The molecule has 2 aromatic carbocycles. The SMILES string of the molecule is COc1ccc(C(=O)Nc2ccc3c(c2)nc(CCNC(=O)c2cccs2)n3C)cc1OC. The Bertz CT molecular complexity index is 1300. The zero-order chi connectivity index (χ0) is 23.4. The van der Waals surface area contributed by atoms with Crippen molar-refractivity contribution in [2.24, 2.45) is 7.05 Å². The molecule has 0 aliphatic rings. The lowest BCUT2D eigenvalue weighted by Crippen LogP contribution is -2.25. The van der Waals surface area contributed by atoms with Crippen molar-refractivity contribution < 1.29 is 19.1 Å². The Hall–Kier alpha value is -3.85. The van der Waals surface area contributed by atoms with Crippen LogP contribution in [0.5, 0.6) is 11.5 Å². The number of nitrogens with zero attached hydrogens (tertiary/aromatic N) is 2. The molecule has 0 saturated carbocycles. The summed E-state index contributed by atoms with van der Waals surface area (Å²) in [5.74, 6) is 1.55. The lowest BCUT2D eigenvalue weighted by atomic mass is 10.1. The summed E-state index contributed by atoms with van der Waals surface area (Å²) in [7, 11) is 5.01. The van der Waals surface area contributed by atoms with E-state index in [0.29, 0.717) is 40.6 Å². The van der Waals surface area contributed by atoms with Crippen LogP contribution in [-0.4, -0.2) is 42.1 Å². The highest BCUT2D eigenvalue weighted by molar-refractivity contribution is 7.12. The van der Waals surface area contributed by atoms with Crippen molar-refractivity contribution in [2.45, 2.75) is 6.42 Å². The lowest BCUT2D eigenvalue weighted by molar-refractivity contribution is 0.0957. The number of anilines is 1. The van der Waals surface area contributed by atoms with Gasteiger partial charge in [0.05, 0.1) is 30.1 Å². The summed E-state index contributed by atoms with van der Waals surface area (Å²) < 4.78 is 12.5. The number of methoxy groups -OCH3 is 2. The smallest absolute Gasteiger partial charge is 0.261 e. The van der Waals surface area contributed by atoms with E-state index in [-0.39, 0.29) is 11.8 Å². The predicted octanol–water partition coefficient (Wildman–Crippen LogP) is 3.88. The number of amides is 2. The Morgan fingerprint density at radius 3 is 2.58 bits per heavy atom. The molecule has 0 bridgehead atoms. The molecule has 2 heterocycles. The number of thiophene rings is 1. The fourth-order valence-electron chi connectivity index (χ4n) is 3.51. The number of carbonyl (C=O) groups excluding carboxylic acids is 2. The summed E-state index contributed by atoms with van der Waals surface area (Å²) in [6, 6.07) is 14.3. The third kappa shape index (κ3) is 4.83. The van der Waals surface area contributed by atoms with Gasteiger partial charge in [0.15, 0.2) is 11.5 Å². The Morgan fingerprint density at radius 2 is 1.85 bits per heavy atom. The summed E-state index contributed by atoms with van der Waals surface area (Å²) in [5, 5.41) is 7.70. The standard InChI is InChI=1S/C24H24N4O4S/c1-28-18-8-7-16(26-23(29)15-6-9-19(31-2)20(13-15)32-3)14-17(18)27-22(28)10-11-25-24(30)21-5-4-12-33-21/h4-9,12-14H,10-11H2,1-3H3,(H,25,30)(H,26,29). The average molecular weight is 465 g/mol. The van der Waals surface area contributed by atoms with Gasteiger partial charge < -0.3 is 24.7 Å². The number of hydrogen-bond acceptors (Lipinski definition) is 6. The molecule has 2 amide bonds. The van der Waals surface area contributed by atoms with Gasteiger partial charge >= 0.3 is 0 Å². The second-order valence-corrected chi connectivity index (χ2v) is 8.25. The van der Waals surface area contributed by atoms with Gasteiger partial charge in [0.1, 0.15) is 5.82 Å². The van der Waals surface area contributed by atoms with Gasteiger partial charge in [0.2, 0.25) is 0 Å². The van der Waals surface area contributed by atoms with Gasteiger partial charge in [-0.2, -0.15) is 0 Å². The molecule has 0 unspecified atom stereocenters. The fourth-order valence-corrected chi connectivity index (χ4v) is 4.15. The molecule has 0 spiro atoms. The molecule has 4 rings (SSSR count). The van der Waals surface area contributed by atoms with E-state index in [4.69, 9.17) is 9.47 Å². The summed E-state index contributed by atoms with van der Waals surface area (Å²) in [6.07, 6.45) is 0.593. The Labute approximate surface area is 195 Å². The van der Waals surface area contributed by atoms with E-state index in [2.05, 4.69) is 15.6 Å². The van der Waals surface area contributed by atoms with Gasteiger partial charge in [-0.15, -0.1) is 11.3 Å². The first-order chi connectivity index (χ1) is 16.0. The Kier molecular flexibility index (Phi) is 6.60. The van der Waals surface area contributed by atoms with Crippen molar-refractivity contribution >= 4 is 39.9 Å². The number of carbonyl (C=O) groups is 2. The largest absolute Gasteiger partial charge is 0.493 e. The predicted molar refractivity (Wildman–Crippen MR) is 129 cm³/mol. The van der Waals surface area contributed by atoms with Gasteiger partial charge in [-0.1, -0.05) is 6.07 Å². The van der Waals surface area contributed by atoms with Crippen LogP contribution in [0.2, 0.25) is 0 Å². The van der Waals surface area contributed by atoms with E-state index in [1.165, 1.54) is 18.4 Å². The average Bonchev–Trinajstić information content (AvgIpc) is 3.47. The van der Waals surface area contributed by atoms with Crippen LogP contribution in [0.15, 0.2) is 53.9 Å². The third-order valence-corrected chi connectivity index (χ3v) is 6.12. The molecule has 8 nitrogen and oxygen atoms in total. The number of benzene rings is 2. The number of rotatable bonds is 8. The minimum absolute atomic E-state index is 0.0797. The first-order valence-electron chi connectivity index (χ1n) is 10.3. The second kappa shape index (κ2) is 9.74. The van der Waals surface area contributed by atoms with Gasteiger partial charge in [0, 0.05) is 31.3 Å². The molecular formula is C24H24N4O4S. The van der Waals surface area contributed by atoms with Gasteiger partial charge in [0.25, 0.3) is 11.8 Å². The van der Waals surface area contributed by atoms with E-state index in [1.807, 2.05) is 41.3 Å². The van der Waals surface area contributed by atoms with Crippen LogP contribution >= 0.6 is 11.3 Å². The van der Waals surface area contributed by atoms with E-state index in [1.54, 1.807) is 31.4 Å². The second-order valence-electron chi connectivity index (χ2n) is 7.30. The van der Waals surface area contributed by atoms with Crippen LogP contribution in [0.1, 0.15) is 25.9 Å². The minimum Gasteiger partial charge on any atom is -0.493 e. The molecule has 0 saturated heterocycles. The van der Waals surface area contributed by atoms with Crippen LogP contribution in [0.4, 0.5) is 5.69 Å². The molecule has 9 heteroatoms. The molecule has 2 N–H and O–H groups in total. The molecule has 0 radical (unpaired) electrons. The van der Waals surface area contributed by atoms with Crippen molar-refractivity contribution in [3.05, 3.63) is 70.2 Å². The normalized spacial score (nSPS) is 10.8. The number of ether oxygens (including phenoxy) is 2. The van der Waals surface area contributed by atoms with Crippen LogP contribution in [0, 0.1) is 0 Å². The molecule has 0 fully saturated rings. The molecule has 0 aliphatic carbocycles. The molecule has 0 atom stereocenters. The number of nitrogens with one attached hydrogen (secondary N) is 2. The zero-order valence-electron chi connectivity index (χ0n) is 18.5. The molecule has 2 aromatic heterocycles. The molecule has 4 aromatic rings. The number of fused-ring (bicyclic) bond motifs is 1. The maximum atomic E-state index is 12.7. The van der Waals surface area contributed by atoms with Crippen molar-refractivity contribution in [3.63, 3.8) is 0 Å². The van der Waals surface area contributed by atoms with Crippen molar-refractivity contribution in [1.82, 2.24) is 14.9 Å². The number of aryl methyl sites for hydroxylation is 1. The Balaban J connectivity index is 1.45. The topological polar surface area (TPSA) is 94.5 Å². The molecule has 33 heavy (non-hydrogen) atoms. The van der Waals surface area contributed by atoms with Gasteiger partial charge in [-0.25, -0.2) is 4.98 Å². The molecule has 0 aliphatic heterocycles. The first kappa shape index (κ1) is 22.3. The monoisotopic (exact) mass is 464 g/mol. The maximum absolute atomic E-state index is 12.7. The number of imidazole rings is 1. The van der Waals surface area contributed by atoms with Crippen molar-refractivity contribution in [2.75, 3.05) is 26.1 Å². The minimum atomic E-state index is -0.261.